The number of nitrogens with zero attached hydrogens (tertiary/aromatic N) is 4. The van der Waals surface area contributed by atoms with E-state index in [-0.39, 0.29) is 6.17 Å². The Morgan fingerprint density at radius 3 is 1.66 bits per heavy atom. The van der Waals surface area contributed by atoms with Gasteiger partial charge in [0.25, 0.3) is 0 Å². The van der Waals surface area contributed by atoms with Gasteiger partial charge in [0, 0.05) is 34.3 Å². The Morgan fingerprint density at radius 1 is 0.480 bits per heavy atom. The summed E-state index contributed by atoms with van der Waals surface area (Å²) < 4.78 is 2.47. The lowest BCUT2D eigenvalue weighted by Gasteiger charge is -2.32. The molecule has 236 valence electrons. The van der Waals surface area contributed by atoms with Crippen LogP contribution in [0, 0.1) is 0 Å². The molecule has 0 bridgehead atoms. The van der Waals surface area contributed by atoms with Gasteiger partial charge in [-0.2, -0.15) is 0 Å². The first-order valence-corrected chi connectivity index (χ1v) is 17.1. The Hall–Kier alpha value is -6.52. The average Bonchev–Trinajstić information content (AvgIpc) is 3.53. The van der Waals surface area contributed by atoms with Crippen LogP contribution in [0.4, 0.5) is 0 Å². The minimum atomic E-state index is -0.222. The summed E-state index contributed by atoms with van der Waals surface area (Å²) in [4.78, 5) is 12.7. The zero-order valence-electron chi connectivity index (χ0n) is 27.5. The fourth-order valence-electron chi connectivity index (χ4n) is 7.86. The summed E-state index contributed by atoms with van der Waals surface area (Å²) in [6.07, 6.45) is -0.222. The monoisotopic (exact) mass is 640 g/mol. The molecule has 4 nitrogen and oxygen atoms in total. The number of aliphatic imine (C=N–C) groups is 2. The van der Waals surface area contributed by atoms with Gasteiger partial charge >= 0.3 is 0 Å². The molecule has 1 unspecified atom stereocenters. The van der Waals surface area contributed by atoms with Gasteiger partial charge in [-0.15, -0.1) is 0 Å². The van der Waals surface area contributed by atoms with E-state index in [2.05, 4.69) is 168 Å². The van der Waals surface area contributed by atoms with E-state index in [0.29, 0.717) is 0 Å². The average molecular weight is 641 g/mol. The Bertz CT molecular complexity index is 2740. The summed E-state index contributed by atoms with van der Waals surface area (Å²) in [7, 11) is 2.11. The molecular weight excluding hydrogens is 609 g/mol. The minimum Gasteiger partial charge on any atom is -0.333 e. The molecule has 0 saturated carbocycles. The van der Waals surface area contributed by atoms with E-state index < -0.39 is 0 Å². The summed E-state index contributed by atoms with van der Waals surface area (Å²) in [5, 5.41) is 9.90. The predicted molar refractivity (Wildman–Crippen MR) is 210 cm³/mol. The Labute approximate surface area is 289 Å². The van der Waals surface area contributed by atoms with Gasteiger partial charge in [0.2, 0.25) is 0 Å². The van der Waals surface area contributed by atoms with E-state index in [0.717, 1.165) is 39.4 Å². The maximum Gasteiger partial charge on any atom is 0.159 e. The van der Waals surface area contributed by atoms with Crippen LogP contribution in [0.1, 0.15) is 22.9 Å². The number of aromatic nitrogens is 1. The normalized spacial score (nSPS) is 14.9. The highest BCUT2D eigenvalue weighted by Gasteiger charge is 2.28. The van der Waals surface area contributed by atoms with Gasteiger partial charge in [-0.1, -0.05) is 146 Å². The predicted octanol–water partition coefficient (Wildman–Crippen LogP) is 11.1. The summed E-state index contributed by atoms with van der Waals surface area (Å²) in [5.41, 5.74) is 6.66. The van der Waals surface area contributed by atoms with Gasteiger partial charge in [0.15, 0.2) is 5.84 Å². The minimum absolute atomic E-state index is 0.222. The van der Waals surface area contributed by atoms with Gasteiger partial charge in [-0.25, -0.2) is 9.98 Å². The van der Waals surface area contributed by atoms with E-state index in [4.69, 9.17) is 9.98 Å². The molecule has 0 saturated heterocycles. The zero-order chi connectivity index (χ0) is 33.2. The zero-order valence-corrected chi connectivity index (χ0v) is 27.5. The second-order valence-corrected chi connectivity index (χ2v) is 13.1. The summed E-state index contributed by atoms with van der Waals surface area (Å²) in [6, 6.07) is 60.7. The number of amidine groups is 2. The molecule has 4 heteroatoms. The van der Waals surface area contributed by atoms with E-state index in [1.807, 2.05) is 18.2 Å². The van der Waals surface area contributed by atoms with Crippen LogP contribution in [0.5, 0.6) is 0 Å². The van der Waals surface area contributed by atoms with Crippen molar-refractivity contribution in [1.82, 2.24) is 9.47 Å². The molecule has 0 N–H and O–H groups in total. The summed E-state index contributed by atoms with van der Waals surface area (Å²) in [5.74, 6) is 1.62. The van der Waals surface area contributed by atoms with Crippen molar-refractivity contribution in [3.05, 3.63) is 187 Å². The molecule has 0 fully saturated rings. The lowest BCUT2D eigenvalue weighted by atomic mass is 10.00. The molecule has 1 aliphatic heterocycles. The molecule has 10 rings (SSSR count). The van der Waals surface area contributed by atoms with E-state index >= 15 is 0 Å². The van der Waals surface area contributed by atoms with Crippen LogP contribution < -0.4 is 0 Å². The molecule has 9 aromatic rings. The van der Waals surface area contributed by atoms with E-state index in [9.17, 15) is 0 Å². The lowest BCUT2D eigenvalue weighted by molar-refractivity contribution is 0.383. The van der Waals surface area contributed by atoms with Crippen molar-refractivity contribution in [2.75, 3.05) is 7.05 Å². The SMILES string of the molecule is CN1C(c2cc(-n3c4ccc5ccccc5c4c4c5ccccc5ccc43)c3ccccc3c2)=NC(c2ccccc2)=NC1c1ccccc1. The van der Waals surface area contributed by atoms with Crippen LogP contribution in [-0.2, 0) is 0 Å². The quantitative estimate of drug-likeness (QED) is 0.188. The van der Waals surface area contributed by atoms with Crippen molar-refractivity contribution in [1.29, 1.82) is 0 Å². The number of fused-ring (bicyclic) bond motifs is 8. The lowest BCUT2D eigenvalue weighted by Crippen LogP contribution is -2.35. The van der Waals surface area contributed by atoms with Crippen molar-refractivity contribution in [3.8, 4) is 5.69 Å². The highest BCUT2D eigenvalue weighted by molar-refractivity contribution is 6.29. The first kappa shape index (κ1) is 28.5. The van der Waals surface area contributed by atoms with Crippen molar-refractivity contribution in [2.24, 2.45) is 9.98 Å². The number of hydrogen-bond donors (Lipinski definition) is 0. The first-order valence-electron chi connectivity index (χ1n) is 17.1. The number of rotatable bonds is 4. The summed E-state index contributed by atoms with van der Waals surface area (Å²) in [6.45, 7) is 0. The van der Waals surface area contributed by atoms with Crippen LogP contribution >= 0.6 is 0 Å². The smallest absolute Gasteiger partial charge is 0.159 e. The molecule has 0 radical (unpaired) electrons. The Morgan fingerprint density at radius 2 is 1.02 bits per heavy atom. The maximum absolute atomic E-state index is 5.30. The molecule has 8 aromatic carbocycles. The highest BCUT2D eigenvalue weighted by atomic mass is 15.3. The largest absolute Gasteiger partial charge is 0.333 e. The molecule has 0 spiro atoms. The van der Waals surface area contributed by atoms with Crippen LogP contribution in [0.15, 0.2) is 180 Å². The molecule has 1 aliphatic rings. The third-order valence-electron chi connectivity index (χ3n) is 10.2. The van der Waals surface area contributed by atoms with Crippen LogP contribution in [0.2, 0.25) is 0 Å². The van der Waals surface area contributed by atoms with Gasteiger partial charge in [0.05, 0.1) is 16.7 Å². The molecular formula is C46H32N4. The van der Waals surface area contributed by atoms with Gasteiger partial charge in [-0.3, -0.25) is 0 Å². The third-order valence-corrected chi connectivity index (χ3v) is 10.2. The molecule has 1 atom stereocenters. The first-order chi connectivity index (χ1) is 24.7. The molecule has 1 aromatic heterocycles. The molecule has 0 aliphatic carbocycles. The van der Waals surface area contributed by atoms with Gasteiger partial charge in [0.1, 0.15) is 12.0 Å². The van der Waals surface area contributed by atoms with Crippen molar-refractivity contribution >= 4 is 65.8 Å². The number of benzene rings is 8. The van der Waals surface area contributed by atoms with Crippen LogP contribution in [0.25, 0.3) is 59.8 Å². The number of hydrogen-bond acceptors (Lipinski definition) is 3. The fourth-order valence-corrected chi connectivity index (χ4v) is 7.86. The van der Waals surface area contributed by atoms with Crippen molar-refractivity contribution in [3.63, 3.8) is 0 Å². The van der Waals surface area contributed by atoms with E-state index in [1.54, 1.807) is 0 Å². The van der Waals surface area contributed by atoms with E-state index in [1.165, 1.54) is 48.7 Å². The maximum atomic E-state index is 5.30. The Kier molecular flexibility index (Phi) is 6.43. The standard InChI is InChI=1S/C46H32N4/c1-49-45(33-18-6-3-7-19-33)47-44(32-16-4-2-5-17-32)48-46(49)35-28-34-20-10-11-21-36(34)41(29-35)50-39-26-24-30-14-8-12-22-37(30)42(39)43-38-23-13-9-15-31(38)25-27-40(43)50/h2-29,45H,1H3. The highest BCUT2D eigenvalue weighted by Crippen LogP contribution is 2.42. The second kappa shape index (κ2) is 11.3. The summed E-state index contributed by atoms with van der Waals surface area (Å²) >= 11 is 0. The topological polar surface area (TPSA) is 32.9 Å². The third kappa shape index (κ3) is 4.39. The van der Waals surface area contributed by atoms with Gasteiger partial charge in [-0.05, 0) is 56.8 Å². The van der Waals surface area contributed by atoms with Crippen LogP contribution in [-0.4, -0.2) is 28.2 Å². The molecule has 2 heterocycles. The fraction of sp³-hybridized carbons (Fsp3) is 0.0435. The van der Waals surface area contributed by atoms with Gasteiger partial charge < -0.3 is 9.47 Å². The van der Waals surface area contributed by atoms with Crippen molar-refractivity contribution < 1.29 is 0 Å². The van der Waals surface area contributed by atoms with Crippen molar-refractivity contribution in [2.45, 2.75) is 6.17 Å². The molecule has 0 amide bonds. The second-order valence-electron chi connectivity index (χ2n) is 13.1. The van der Waals surface area contributed by atoms with Crippen LogP contribution in [0.3, 0.4) is 0 Å². The molecule has 50 heavy (non-hydrogen) atoms. The Balaban J connectivity index is 1.28.